The Bertz CT molecular complexity index is 673. The van der Waals surface area contributed by atoms with E-state index in [9.17, 15) is 4.79 Å². The Labute approximate surface area is 128 Å². The first kappa shape index (κ1) is 14.9. The van der Waals surface area contributed by atoms with Gasteiger partial charge in [-0.25, -0.2) is 0 Å². The van der Waals surface area contributed by atoms with E-state index in [1.165, 1.54) is 7.11 Å². The number of benzene rings is 1. The molecule has 0 aliphatic carbocycles. The Kier molecular flexibility index (Phi) is 4.31. The summed E-state index contributed by atoms with van der Waals surface area (Å²) in [7, 11) is 3.10. The van der Waals surface area contributed by atoms with Crippen molar-refractivity contribution in [1.82, 2.24) is 4.90 Å². The molecule has 6 nitrogen and oxygen atoms in total. The first-order chi connectivity index (χ1) is 10.8. The van der Waals surface area contributed by atoms with Crippen LogP contribution in [0.15, 0.2) is 16.5 Å². The normalized spacial score (nSPS) is 15.9. The molecule has 0 N–H and O–H groups in total. The van der Waals surface area contributed by atoms with Gasteiger partial charge in [0.05, 0.1) is 34.0 Å². The molecule has 1 aliphatic rings. The van der Waals surface area contributed by atoms with E-state index in [2.05, 4.69) is 4.90 Å². The molecule has 0 bridgehead atoms. The lowest BCUT2D eigenvalue weighted by atomic mass is 10.1. The lowest BCUT2D eigenvalue weighted by Gasteiger charge is -2.25. The maximum absolute atomic E-state index is 11.3. The van der Waals surface area contributed by atoms with Crippen LogP contribution in [-0.2, 0) is 11.3 Å². The fourth-order valence-electron chi connectivity index (χ4n) is 2.72. The first-order valence-electron chi connectivity index (χ1n) is 7.19. The van der Waals surface area contributed by atoms with Crippen molar-refractivity contribution in [2.45, 2.75) is 6.54 Å². The molecule has 6 heteroatoms. The highest BCUT2D eigenvalue weighted by atomic mass is 16.5. The highest BCUT2D eigenvalue weighted by Gasteiger charge is 2.20. The largest absolute Gasteiger partial charge is 0.493 e. The van der Waals surface area contributed by atoms with Gasteiger partial charge < -0.3 is 18.6 Å². The quantitative estimate of drug-likeness (QED) is 0.788. The van der Waals surface area contributed by atoms with Crippen molar-refractivity contribution >= 4 is 17.3 Å². The number of rotatable bonds is 5. The summed E-state index contributed by atoms with van der Waals surface area (Å²) in [6.45, 7) is 3.89. The Morgan fingerprint density at radius 3 is 2.64 bits per heavy atom. The minimum absolute atomic E-state index is 0.490. The third-order valence-corrected chi connectivity index (χ3v) is 3.84. The molecule has 3 rings (SSSR count). The molecule has 118 valence electrons. The molecular weight excluding hydrogens is 286 g/mol. The monoisotopic (exact) mass is 305 g/mol. The van der Waals surface area contributed by atoms with Crippen LogP contribution in [0.25, 0.3) is 11.0 Å². The fourth-order valence-corrected chi connectivity index (χ4v) is 2.72. The van der Waals surface area contributed by atoms with Crippen LogP contribution in [0.5, 0.6) is 11.5 Å². The standard InChI is InChI=1S/C16H19NO5/c1-19-14-7-11(10-18)13-8-12(22-15(13)16(14)20-2)9-17-3-5-21-6-4-17/h7-8,10H,3-6,9H2,1-2H3. The molecule has 0 amide bonds. The molecular formula is C16H19NO5. The summed E-state index contributed by atoms with van der Waals surface area (Å²) in [5, 5.41) is 0.746. The highest BCUT2D eigenvalue weighted by Crippen LogP contribution is 2.39. The van der Waals surface area contributed by atoms with Crippen LogP contribution < -0.4 is 9.47 Å². The van der Waals surface area contributed by atoms with Gasteiger partial charge in [-0.2, -0.15) is 0 Å². The van der Waals surface area contributed by atoms with Crippen molar-refractivity contribution in [3.63, 3.8) is 0 Å². The van der Waals surface area contributed by atoms with Crippen molar-refractivity contribution in [3.05, 3.63) is 23.5 Å². The number of fused-ring (bicyclic) bond motifs is 1. The summed E-state index contributed by atoms with van der Waals surface area (Å²) >= 11 is 0. The van der Waals surface area contributed by atoms with Crippen LogP contribution >= 0.6 is 0 Å². The van der Waals surface area contributed by atoms with Gasteiger partial charge in [0, 0.05) is 24.0 Å². The van der Waals surface area contributed by atoms with Gasteiger partial charge in [-0.1, -0.05) is 0 Å². The summed E-state index contributed by atoms with van der Waals surface area (Å²) in [4.78, 5) is 13.6. The molecule has 2 heterocycles. The topological polar surface area (TPSA) is 61.1 Å². The third-order valence-electron chi connectivity index (χ3n) is 3.84. The van der Waals surface area contributed by atoms with Gasteiger partial charge in [-0.3, -0.25) is 9.69 Å². The van der Waals surface area contributed by atoms with Crippen LogP contribution in [0.2, 0.25) is 0 Å². The molecule has 1 fully saturated rings. The van der Waals surface area contributed by atoms with Crippen LogP contribution in [0.1, 0.15) is 16.1 Å². The molecule has 22 heavy (non-hydrogen) atoms. The van der Waals surface area contributed by atoms with Gasteiger partial charge in [0.2, 0.25) is 5.75 Å². The van der Waals surface area contributed by atoms with Crippen LogP contribution in [-0.4, -0.2) is 51.7 Å². The average molecular weight is 305 g/mol. The number of morpholine rings is 1. The van der Waals surface area contributed by atoms with E-state index in [4.69, 9.17) is 18.6 Å². The van der Waals surface area contributed by atoms with Gasteiger partial charge in [-0.05, 0) is 12.1 Å². The number of carbonyl (C=O) groups is 1. The number of nitrogens with zero attached hydrogens (tertiary/aromatic N) is 1. The molecule has 1 aliphatic heterocycles. The number of hydrogen-bond donors (Lipinski definition) is 0. The Morgan fingerprint density at radius 1 is 1.23 bits per heavy atom. The summed E-state index contributed by atoms with van der Waals surface area (Å²) < 4.78 is 21.9. The molecule has 1 aromatic carbocycles. The fraction of sp³-hybridized carbons (Fsp3) is 0.438. The first-order valence-corrected chi connectivity index (χ1v) is 7.19. The lowest BCUT2D eigenvalue weighted by molar-refractivity contribution is 0.0315. The SMILES string of the molecule is COc1cc(C=O)c2cc(CN3CCOCC3)oc2c1OC. The van der Waals surface area contributed by atoms with E-state index in [-0.39, 0.29) is 0 Å². The Balaban J connectivity index is 2.01. The molecule has 0 radical (unpaired) electrons. The van der Waals surface area contributed by atoms with Gasteiger partial charge in [0.15, 0.2) is 17.6 Å². The smallest absolute Gasteiger partial charge is 0.204 e. The van der Waals surface area contributed by atoms with E-state index in [1.807, 2.05) is 6.07 Å². The summed E-state index contributed by atoms with van der Waals surface area (Å²) in [6.07, 6.45) is 0.804. The zero-order chi connectivity index (χ0) is 15.5. The second-order valence-corrected chi connectivity index (χ2v) is 5.16. The minimum atomic E-state index is 0.490. The third kappa shape index (κ3) is 2.67. The highest BCUT2D eigenvalue weighted by molar-refractivity contribution is 6.00. The van der Waals surface area contributed by atoms with Crippen LogP contribution in [0.4, 0.5) is 0 Å². The number of furan rings is 1. The molecule has 0 atom stereocenters. The van der Waals surface area contributed by atoms with Gasteiger partial charge in [-0.15, -0.1) is 0 Å². The van der Waals surface area contributed by atoms with Crippen molar-refractivity contribution in [3.8, 4) is 11.5 Å². The summed E-state index contributed by atoms with van der Waals surface area (Å²) in [6, 6.07) is 3.57. The van der Waals surface area contributed by atoms with E-state index in [0.717, 1.165) is 43.7 Å². The maximum Gasteiger partial charge on any atom is 0.204 e. The van der Waals surface area contributed by atoms with E-state index in [1.54, 1.807) is 13.2 Å². The molecule has 0 unspecified atom stereocenters. The Hall–Kier alpha value is -2.05. The maximum atomic E-state index is 11.3. The predicted octanol–water partition coefficient (Wildman–Crippen LogP) is 2.09. The van der Waals surface area contributed by atoms with E-state index >= 15 is 0 Å². The molecule has 1 aromatic heterocycles. The second kappa shape index (κ2) is 6.37. The molecule has 0 spiro atoms. The van der Waals surface area contributed by atoms with Crippen molar-refractivity contribution in [2.24, 2.45) is 0 Å². The number of carbonyl (C=O) groups excluding carboxylic acids is 1. The van der Waals surface area contributed by atoms with Gasteiger partial charge in [0.25, 0.3) is 0 Å². The van der Waals surface area contributed by atoms with Crippen molar-refractivity contribution in [2.75, 3.05) is 40.5 Å². The number of ether oxygens (including phenoxy) is 3. The lowest BCUT2D eigenvalue weighted by Crippen LogP contribution is -2.35. The van der Waals surface area contributed by atoms with Gasteiger partial charge >= 0.3 is 0 Å². The molecule has 2 aromatic rings. The molecule has 1 saturated heterocycles. The zero-order valence-corrected chi connectivity index (χ0v) is 12.8. The zero-order valence-electron chi connectivity index (χ0n) is 12.8. The van der Waals surface area contributed by atoms with Crippen molar-refractivity contribution < 1.29 is 23.4 Å². The molecule has 0 saturated carbocycles. The predicted molar refractivity (Wildman–Crippen MR) is 80.8 cm³/mol. The van der Waals surface area contributed by atoms with Crippen LogP contribution in [0.3, 0.4) is 0 Å². The van der Waals surface area contributed by atoms with E-state index < -0.39 is 0 Å². The Morgan fingerprint density at radius 2 is 2.00 bits per heavy atom. The number of aldehydes is 1. The van der Waals surface area contributed by atoms with Crippen LogP contribution in [0, 0.1) is 0 Å². The van der Waals surface area contributed by atoms with E-state index in [0.29, 0.717) is 29.2 Å². The second-order valence-electron chi connectivity index (χ2n) is 5.16. The summed E-state index contributed by atoms with van der Waals surface area (Å²) in [5.41, 5.74) is 1.08. The average Bonchev–Trinajstić information content (AvgIpc) is 2.97. The van der Waals surface area contributed by atoms with Gasteiger partial charge in [0.1, 0.15) is 5.76 Å². The number of methoxy groups -OCH3 is 2. The van der Waals surface area contributed by atoms with Crippen molar-refractivity contribution in [1.29, 1.82) is 0 Å². The minimum Gasteiger partial charge on any atom is -0.493 e. The number of hydrogen-bond acceptors (Lipinski definition) is 6. The summed E-state index contributed by atoms with van der Waals surface area (Å²) in [5.74, 6) is 1.80.